The van der Waals surface area contributed by atoms with Crippen molar-refractivity contribution in [3.8, 4) is 0 Å². The van der Waals surface area contributed by atoms with Gasteiger partial charge in [-0.3, -0.25) is 4.79 Å². The lowest BCUT2D eigenvalue weighted by molar-refractivity contribution is -0.132. The van der Waals surface area contributed by atoms with Crippen molar-refractivity contribution in [2.45, 2.75) is 31.7 Å². The van der Waals surface area contributed by atoms with Crippen LogP contribution in [0.3, 0.4) is 0 Å². The van der Waals surface area contributed by atoms with Crippen LogP contribution in [0.4, 0.5) is 0 Å². The average molecular weight is 317 g/mol. The van der Waals surface area contributed by atoms with E-state index < -0.39 is 0 Å². The van der Waals surface area contributed by atoms with Gasteiger partial charge in [0.2, 0.25) is 5.91 Å². The molecule has 0 atom stereocenters. The van der Waals surface area contributed by atoms with Crippen LogP contribution in [0.25, 0.3) is 0 Å². The largest absolute Gasteiger partial charge is 0.343 e. The summed E-state index contributed by atoms with van der Waals surface area (Å²) >= 11 is 5.84. The van der Waals surface area contributed by atoms with E-state index in [0.29, 0.717) is 12.5 Å². The minimum atomic E-state index is 0. The second-order valence-corrected chi connectivity index (χ2v) is 5.51. The highest BCUT2D eigenvalue weighted by Gasteiger charge is 2.21. The third-order valence-corrected chi connectivity index (χ3v) is 4.05. The minimum Gasteiger partial charge on any atom is -0.343 e. The molecule has 0 radical (unpaired) electrons. The molecule has 0 aromatic heterocycles. The fourth-order valence-corrected chi connectivity index (χ4v) is 2.60. The molecule has 1 heterocycles. The van der Waals surface area contributed by atoms with Gasteiger partial charge >= 0.3 is 0 Å². The maximum atomic E-state index is 12.1. The van der Waals surface area contributed by atoms with Crippen LogP contribution in [-0.4, -0.2) is 37.0 Å². The van der Waals surface area contributed by atoms with Crippen LogP contribution in [0, 0.1) is 0 Å². The van der Waals surface area contributed by atoms with Crippen molar-refractivity contribution in [2.75, 3.05) is 20.1 Å². The lowest BCUT2D eigenvalue weighted by Gasteiger charge is -2.31. The molecule has 1 aliphatic rings. The molecular weight excluding hydrogens is 295 g/mol. The monoisotopic (exact) mass is 316 g/mol. The van der Waals surface area contributed by atoms with E-state index in [0.717, 1.165) is 37.4 Å². The number of nitrogens with one attached hydrogen (secondary N) is 1. The molecule has 1 aromatic carbocycles. The zero-order valence-corrected chi connectivity index (χ0v) is 13.3. The minimum absolute atomic E-state index is 0. The van der Waals surface area contributed by atoms with Crippen LogP contribution in [-0.2, 0) is 11.2 Å². The summed E-state index contributed by atoms with van der Waals surface area (Å²) in [4.78, 5) is 14.1. The Morgan fingerprint density at radius 2 is 1.90 bits per heavy atom. The van der Waals surface area contributed by atoms with Gasteiger partial charge in [0, 0.05) is 30.6 Å². The quantitative estimate of drug-likeness (QED) is 0.926. The van der Waals surface area contributed by atoms with E-state index in [9.17, 15) is 4.79 Å². The standard InChI is InChI=1S/C15H21ClN2O.ClH/c1-17-14-8-10-18(11-9-14)15(19)7-4-12-2-5-13(16)6-3-12;/h2-3,5-6,14,17H,4,7-11H2,1H3;1H. The number of halogens is 2. The molecule has 112 valence electrons. The van der Waals surface area contributed by atoms with Crippen LogP contribution in [0.2, 0.25) is 5.02 Å². The van der Waals surface area contributed by atoms with Gasteiger partial charge in [0.25, 0.3) is 0 Å². The number of rotatable bonds is 4. The normalized spacial score (nSPS) is 15.8. The Morgan fingerprint density at radius 3 is 2.45 bits per heavy atom. The molecule has 0 aliphatic carbocycles. The molecule has 2 rings (SSSR count). The number of amides is 1. The first-order valence-electron chi connectivity index (χ1n) is 6.88. The van der Waals surface area contributed by atoms with Crippen LogP contribution >= 0.6 is 24.0 Å². The summed E-state index contributed by atoms with van der Waals surface area (Å²) < 4.78 is 0. The molecule has 5 heteroatoms. The van der Waals surface area contributed by atoms with Gasteiger partial charge in [-0.05, 0) is 44.0 Å². The second-order valence-electron chi connectivity index (χ2n) is 5.07. The Labute approximate surface area is 132 Å². The van der Waals surface area contributed by atoms with Gasteiger partial charge in [-0.2, -0.15) is 0 Å². The first-order chi connectivity index (χ1) is 9.19. The van der Waals surface area contributed by atoms with Crippen molar-refractivity contribution in [1.29, 1.82) is 0 Å². The number of nitrogens with zero attached hydrogens (tertiary/aromatic N) is 1. The van der Waals surface area contributed by atoms with E-state index in [1.807, 2.05) is 36.2 Å². The van der Waals surface area contributed by atoms with Crippen molar-refractivity contribution in [1.82, 2.24) is 10.2 Å². The van der Waals surface area contributed by atoms with Crippen LogP contribution < -0.4 is 5.32 Å². The van der Waals surface area contributed by atoms with E-state index in [-0.39, 0.29) is 18.3 Å². The first-order valence-corrected chi connectivity index (χ1v) is 7.26. The number of aryl methyl sites for hydroxylation is 1. The SMILES string of the molecule is CNC1CCN(C(=O)CCc2ccc(Cl)cc2)CC1.Cl. The van der Waals surface area contributed by atoms with Crippen molar-refractivity contribution in [3.63, 3.8) is 0 Å². The summed E-state index contributed by atoms with van der Waals surface area (Å²) in [6.07, 6.45) is 3.50. The van der Waals surface area contributed by atoms with E-state index in [4.69, 9.17) is 11.6 Å². The summed E-state index contributed by atoms with van der Waals surface area (Å²) in [5.41, 5.74) is 1.17. The Bertz CT molecular complexity index is 414. The highest BCUT2D eigenvalue weighted by Crippen LogP contribution is 2.14. The van der Waals surface area contributed by atoms with E-state index in [2.05, 4.69) is 5.32 Å². The third-order valence-electron chi connectivity index (χ3n) is 3.80. The van der Waals surface area contributed by atoms with Gasteiger partial charge in [-0.25, -0.2) is 0 Å². The molecule has 1 aliphatic heterocycles. The molecule has 0 spiro atoms. The van der Waals surface area contributed by atoms with Gasteiger partial charge in [0.05, 0.1) is 0 Å². The number of hydrogen-bond donors (Lipinski definition) is 1. The Morgan fingerprint density at radius 1 is 1.30 bits per heavy atom. The lowest BCUT2D eigenvalue weighted by Crippen LogP contribution is -2.44. The van der Waals surface area contributed by atoms with Gasteiger partial charge < -0.3 is 10.2 Å². The molecule has 0 bridgehead atoms. The fraction of sp³-hybridized carbons (Fsp3) is 0.533. The lowest BCUT2D eigenvalue weighted by atomic mass is 10.0. The number of benzene rings is 1. The average Bonchev–Trinajstić information content (AvgIpc) is 2.46. The summed E-state index contributed by atoms with van der Waals surface area (Å²) in [7, 11) is 1.99. The summed E-state index contributed by atoms with van der Waals surface area (Å²) in [6.45, 7) is 1.76. The van der Waals surface area contributed by atoms with Gasteiger partial charge in [0.15, 0.2) is 0 Å². The second kappa shape index (κ2) is 8.50. The predicted octanol–water partition coefficient (Wildman–Crippen LogP) is 2.90. The Hall–Kier alpha value is -0.770. The van der Waals surface area contributed by atoms with Gasteiger partial charge in [-0.15, -0.1) is 12.4 Å². The molecule has 1 aromatic rings. The summed E-state index contributed by atoms with van der Waals surface area (Å²) in [5.74, 6) is 0.268. The molecular formula is C15H22Cl2N2O. The molecule has 0 saturated carbocycles. The maximum Gasteiger partial charge on any atom is 0.222 e. The van der Waals surface area contributed by atoms with Gasteiger partial charge in [-0.1, -0.05) is 23.7 Å². The fourth-order valence-electron chi connectivity index (χ4n) is 2.48. The van der Waals surface area contributed by atoms with Crippen molar-refractivity contribution in [3.05, 3.63) is 34.9 Å². The number of carbonyl (C=O) groups is 1. The predicted molar refractivity (Wildman–Crippen MR) is 85.7 cm³/mol. The molecule has 0 unspecified atom stereocenters. The van der Waals surface area contributed by atoms with E-state index in [1.54, 1.807) is 0 Å². The number of carbonyl (C=O) groups excluding carboxylic acids is 1. The van der Waals surface area contributed by atoms with Crippen LogP contribution in [0.15, 0.2) is 24.3 Å². The molecule has 1 saturated heterocycles. The summed E-state index contributed by atoms with van der Waals surface area (Å²) in [6, 6.07) is 8.30. The zero-order chi connectivity index (χ0) is 13.7. The molecule has 1 fully saturated rings. The molecule has 20 heavy (non-hydrogen) atoms. The number of likely N-dealkylation sites (tertiary alicyclic amines) is 1. The maximum absolute atomic E-state index is 12.1. The first kappa shape index (κ1) is 17.3. The number of hydrogen-bond acceptors (Lipinski definition) is 2. The van der Waals surface area contributed by atoms with E-state index >= 15 is 0 Å². The summed E-state index contributed by atoms with van der Waals surface area (Å²) in [5, 5.41) is 4.02. The van der Waals surface area contributed by atoms with Crippen molar-refractivity contribution in [2.24, 2.45) is 0 Å². The molecule has 1 amide bonds. The van der Waals surface area contributed by atoms with E-state index in [1.165, 1.54) is 5.56 Å². The molecule has 1 N–H and O–H groups in total. The highest BCUT2D eigenvalue weighted by molar-refractivity contribution is 6.30. The van der Waals surface area contributed by atoms with Crippen molar-refractivity contribution >= 4 is 29.9 Å². The van der Waals surface area contributed by atoms with Crippen molar-refractivity contribution < 1.29 is 4.79 Å². The third kappa shape index (κ3) is 4.97. The van der Waals surface area contributed by atoms with Gasteiger partial charge in [0.1, 0.15) is 0 Å². The topological polar surface area (TPSA) is 32.3 Å². The highest BCUT2D eigenvalue weighted by atomic mass is 35.5. The Balaban J connectivity index is 0.00000200. The van der Waals surface area contributed by atoms with Crippen LogP contribution in [0.5, 0.6) is 0 Å². The Kier molecular flexibility index (Phi) is 7.35. The number of piperidine rings is 1. The zero-order valence-electron chi connectivity index (χ0n) is 11.8. The smallest absolute Gasteiger partial charge is 0.222 e. The van der Waals surface area contributed by atoms with Crippen LogP contribution in [0.1, 0.15) is 24.8 Å². The molecule has 3 nitrogen and oxygen atoms in total.